The standard InChI is InChI=1S/C15H25BrO3/c1-2-3-4-5-6-7-10-13-18-15(17)19-14-11-8-9-12-16/h2-6,8-9,11-14H2,1H3. The van der Waals surface area contributed by atoms with Gasteiger partial charge in [-0.3, -0.25) is 0 Å². The minimum atomic E-state index is -0.612. The third-order valence-corrected chi connectivity index (χ3v) is 3.10. The minimum absolute atomic E-state index is 0.133. The Labute approximate surface area is 125 Å². The third kappa shape index (κ3) is 15.3. The fourth-order valence-corrected chi connectivity index (χ4v) is 1.84. The summed E-state index contributed by atoms with van der Waals surface area (Å²) in [7, 11) is 0. The number of carbonyl (C=O) groups is 1. The SMILES string of the molecule is CCCCCCC#CCOC(=O)OCCCCCBr. The Hall–Kier alpha value is -0.690. The molecule has 0 spiro atoms. The van der Waals surface area contributed by atoms with Gasteiger partial charge in [-0.15, -0.1) is 0 Å². The van der Waals surface area contributed by atoms with Gasteiger partial charge in [0.15, 0.2) is 6.61 Å². The lowest BCUT2D eigenvalue weighted by atomic mass is 10.2. The number of ether oxygens (including phenoxy) is 2. The highest BCUT2D eigenvalue weighted by atomic mass is 79.9. The molecule has 0 fully saturated rings. The zero-order valence-corrected chi connectivity index (χ0v) is 13.5. The quantitative estimate of drug-likeness (QED) is 0.252. The molecule has 0 amide bonds. The maximum atomic E-state index is 11.1. The van der Waals surface area contributed by atoms with E-state index in [0.717, 1.165) is 37.4 Å². The van der Waals surface area contributed by atoms with Crippen LogP contribution in [0.1, 0.15) is 58.3 Å². The van der Waals surface area contributed by atoms with Crippen molar-refractivity contribution in [3.63, 3.8) is 0 Å². The topological polar surface area (TPSA) is 35.5 Å². The highest BCUT2D eigenvalue weighted by molar-refractivity contribution is 9.09. The normalized spacial score (nSPS) is 9.58. The van der Waals surface area contributed by atoms with Crippen LogP contribution in [-0.4, -0.2) is 24.7 Å². The Bertz CT molecular complexity index is 268. The van der Waals surface area contributed by atoms with E-state index in [1.807, 2.05) is 0 Å². The monoisotopic (exact) mass is 332 g/mol. The van der Waals surface area contributed by atoms with Crippen LogP contribution in [0.2, 0.25) is 0 Å². The van der Waals surface area contributed by atoms with Gasteiger partial charge in [0.1, 0.15) is 0 Å². The zero-order chi connectivity index (χ0) is 14.2. The molecule has 0 aliphatic heterocycles. The molecule has 0 N–H and O–H groups in total. The highest BCUT2D eigenvalue weighted by Crippen LogP contribution is 2.01. The molecule has 0 radical (unpaired) electrons. The van der Waals surface area contributed by atoms with Crippen molar-refractivity contribution in [2.45, 2.75) is 58.3 Å². The van der Waals surface area contributed by atoms with Crippen molar-refractivity contribution in [2.24, 2.45) is 0 Å². The zero-order valence-electron chi connectivity index (χ0n) is 11.9. The van der Waals surface area contributed by atoms with Gasteiger partial charge in [0.25, 0.3) is 0 Å². The average Bonchev–Trinajstić information content (AvgIpc) is 2.41. The van der Waals surface area contributed by atoms with Crippen LogP contribution in [0.15, 0.2) is 0 Å². The van der Waals surface area contributed by atoms with Crippen LogP contribution in [0, 0.1) is 11.8 Å². The molecule has 0 aromatic rings. The average molecular weight is 333 g/mol. The first-order chi connectivity index (χ1) is 9.31. The largest absolute Gasteiger partial charge is 0.509 e. The lowest BCUT2D eigenvalue weighted by molar-refractivity contribution is 0.0633. The van der Waals surface area contributed by atoms with E-state index in [2.05, 4.69) is 34.7 Å². The minimum Gasteiger partial charge on any atom is -0.434 e. The van der Waals surface area contributed by atoms with Gasteiger partial charge in [-0.05, 0) is 25.7 Å². The van der Waals surface area contributed by atoms with Crippen molar-refractivity contribution in [3.8, 4) is 11.8 Å². The summed E-state index contributed by atoms with van der Waals surface area (Å²) in [4.78, 5) is 11.1. The highest BCUT2D eigenvalue weighted by Gasteiger charge is 2.01. The van der Waals surface area contributed by atoms with Crippen LogP contribution in [0.5, 0.6) is 0 Å². The van der Waals surface area contributed by atoms with Crippen LogP contribution in [0.3, 0.4) is 0 Å². The molecule has 4 heteroatoms. The second kappa shape index (κ2) is 15.4. The number of carbonyl (C=O) groups excluding carboxylic acids is 1. The van der Waals surface area contributed by atoms with E-state index >= 15 is 0 Å². The van der Waals surface area contributed by atoms with Gasteiger partial charge < -0.3 is 9.47 Å². The van der Waals surface area contributed by atoms with Crippen LogP contribution in [0.4, 0.5) is 4.79 Å². The predicted molar refractivity (Wildman–Crippen MR) is 81.5 cm³/mol. The van der Waals surface area contributed by atoms with Gasteiger partial charge >= 0.3 is 6.16 Å². The summed E-state index contributed by atoms with van der Waals surface area (Å²) in [5, 5.41) is 0.991. The molecule has 0 atom stereocenters. The van der Waals surface area contributed by atoms with E-state index in [4.69, 9.17) is 9.47 Å². The van der Waals surface area contributed by atoms with E-state index in [1.54, 1.807) is 0 Å². The van der Waals surface area contributed by atoms with Crippen molar-refractivity contribution in [2.75, 3.05) is 18.5 Å². The maximum Gasteiger partial charge on any atom is 0.509 e. The summed E-state index contributed by atoms with van der Waals surface area (Å²) in [6, 6.07) is 0. The fourth-order valence-electron chi connectivity index (χ4n) is 1.45. The molecule has 0 aromatic heterocycles. The molecule has 0 aliphatic carbocycles. The summed E-state index contributed by atoms with van der Waals surface area (Å²) in [5.41, 5.74) is 0. The molecule has 0 bridgehead atoms. The van der Waals surface area contributed by atoms with E-state index in [9.17, 15) is 4.79 Å². The Kier molecular flexibility index (Phi) is 14.8. The summed E-state index contributed by atoms with van der Waals surface area (Å²) >= 11 is 3.35. The van der Waals surface area contributed by atoms with E-state index in [-0.39, 0.29) is 6.61 Å². The molecule has 3 nitrogen and oxygen atoms in total. The molecule has 0 aliphatic rings. The molecule has 0 saturated carbocycles. The number of halogens is 1. The Balaban J connectivity index is 3.30. The van der Waals surface area contributed by atoms with Crippen LogP contribution >= 0.6 is 15.9 Å². The molecule has 0 unspecified atom stereocenters. The molecule has 0 rings (SSSR count). The van der Waals surface area contributed by atoms with Crippen LogP contribution in [-0.2, 0) is 9.47 Å². The van der Waals surface area contributed by atoms with Crippen LogP contribution < -0.4 is 0 Å². The van der Waals surface area contributed by atoms with E-state index < -0.39 is 6.16 Å². The molecular formula is C15H25BrO3. The summed E-state index contributed by atoms with van der Waals surface area (Å²) in [5.74, 6) is 5.82. The first-order valence-electron chi connectivity index (χ1n) is 7.12. The lowest BCUT2D eigenvalue weighted by Gasteiger charge is -2.03. The second-order valence-corrected chi connectivity index (χ2v) is 5.09. The Morgan fingerprint density at radius 3 is 2.53 bits per heavy atom. The summed E-state index contributed by atoms with van der Waals surface area (Å²) in [6.07, 6.45) is 8.14. The fraction of sp³-hybridized carbons (Fsp3) is 0.800. The number of rotatable bonds is 10. The molecule has 0 heterocycles. The maximum absolute atomic E-state index is 11.1. The summed E-state index contributed by atoms with van der Waals surface area (Å²) in [6.45, 7) is 2.75. The number of unbranched alkanes of at least 4 members (excludes halogenated alkanes) is 6. The molecular weight excluding hydrogens is 308 g/mol. The second-order valence-electron chi connectivity index (χ2n) is 4.30. The van der Waals surface area contributed by atoms with Crippen LogP contribution in [0.25, 0.3) is 0 Å². The number of hydrogen-bond acceptors (Lipinski definition) is 3. The van der Waals surface area contributed by atoms with Gasteiger partial charge in [0.05, 0.1) is 6.61 Å². The van der Waals surface area contributed by atoms with Crippen molar-refractivity contribution >= 4 is 22.1 Å². The van der Waals surface area contributed by atoms with Crippen molar-refractivity contribution in [3.05, 3.63) is 0 Å². The van der Waals surface area contributed by atoms with Gasteiger partial charge in [-0.25, -0.2) is 4.79 Å². The smallest absolute Gasteiger partial charge is 0.434 e. The van der Waals surface area contributed by atoms with Gasteiger partial charge in [0.2, 0.25) is 0 Å². The van der Waals surface area contributed by atoms with Gasteiger partial charge in [-0.1, -0.05) is 54.0 Å². The number of alkyl halides is 1. The summed E-state index contributed by atoms with van der Waals surface area (Å²) < 4.78 is 9.74. The molecule has 0 saturated heterocycles. The van der Waals surface area contributed by atoms with Gasteiger partial charge in [-0.2, -0.15) is 0 Å². The third-order valence-electron chi connectivity index (χ3n) is 2.54. The van der Waals surface area contributed by atoms with Crippen molar-refractivity contribution in [1.82, 2.24) is 0 Å². The Morgan fingerprint density at radius 2 is 1.79 bits per heavy atom. The number of hydrogen-bond donors (Lipinski definition) is 0. The van der Waals surface area contributed by atoms with Gasteiger partial charge in [0, 0.05) is 11.8 Å². The Morgan fingerprint density at radius 1 is 1.00 bits per heavy atom. The molecule has 110 valence electrons. The predicted octanol–water partition coefficient (Wildman–Crippen LogP) is 4.68. The first-order valence-corrected chi connectivity index (χ1v) is 8.24. The lowest BCUT2D eigenvalue weighted by Crippen LogP contribution is -2.08. The van der Waals surface area contributed by atoms with Crippen molar-refractivity contribution < 1.29 is 14.3 Å². The van der Waals surface area contributed by atoms with E-state index in [0.29, 0.717) is 6.61 Å². The molecule has 19 heavy (non-hydrogen) atoms. The first kappa shape index (κ1) is 18.3. The molecule has 0 aromatic carbocycles. The van der Waals surface area contributed by atoms with Crippen molar-refractivity contribution in [1.29, 1.82) is 0 Å². The van der Waals surface area contributed by atoms with E-state index in [1.165, 1.54) is 19.3 Å².